The summed E-state index contributed by atoms with van der Waals surface area (Å²) in [5, 5.41) is 0. The summed E-state index contributed by atoms with van der Waals surface area (Å²) >= 11 is 0. The summed E-state index contributed by atoms with van der Waals surface area (Å²) in [5.41, 5.74) is 4.18. The summed E-state index contributed by atoms with van der Waals surface area (Å²) in [5.74, 6) is -1.91. The number of hydrogen-bond acceptors (Lipinski definition) is 4. The molecule has 2 amide bonds. The van der Waals surface area contributed by atoms with E-state index in [4.69, 9.17) is 0 Å². The van der Waals surface area contributed by atoms with Gasteiger partial charge in [0.25, 0.3) is 10.8 Å². The van der Waals surface area contributed by atoms with Gasteiger partial charge >= 0.3 is 0 Å². The molecule has 1 fully saturated rings. The third-order valence-electron chi connectivity index (χ3n) is 6.46. The van der Waals surface area contributed by atoms with Gasteiger partial charge in [-0.1, -0.05) is 67.1 Å². The van der Waals surface area contributed by atoms with Crippen LogP contribution in [-0.2, 0) is 37.3 Å². The number of para-hydroxylation sites is 1. The Balaban J connectivity index is 1.72. The van der Waals surface area contributed by atoms with E-state index in [1.807, 2.05) is 44.2 Å². The first-order chi connectivity index (χ1) is 15.8. The molecule has 0 aromatic heterocycles. The maximum Gasteiger partial charge on any atom is 0.274 e. The lowest BCUT2D eigenvalue weighted by atomic mass is 10.0. The average molecular weight is 461 g/mol. The van der Waals surface area contributed by atoms with Crippen molar-refractivity contribution >= 4 is 33.0 Å². The van der Waals surface area contributed by atoms with Crippen LogP contribution in [0, 0.1) is 6.92 Å². The fourth-order valence-electron chi connectivity index (χ4n) is 4.84. The first-order valence-electron chi connectivity index (χ1n) is 10.9. The van der Waals surface area contributed by atoms with Crippen LogP contribution in [0.1, 0.15) is 29.2 Å². The zero-order valence-corrected chi connectivity index (χ0v) is 19.3. The Morgan fingerprint density at radius 1 is 0.909 bits per heavy atom. The van der Waals surface area contributed by atoms with Crippen molar-refractivity contribution in [2.75, 3.05) is 15.6 Å². The summed E-state index contributed by atoms with van der Waals surface area (Å²) < 4.78 is 27.3. The maximum absolute atomic E-state index is 14.1. The Morgan fingerprint density at radius 2 is 1.64 bits per heavy atom. The number of hydrogen-bond donors (Lipinski definition) is 0. The Labute approximate surface area is 193 Å². The van der Waals surface area contributed by atoms with Crippen LogP contribution in [0.5, 0.6) is 0 Å². The Bertz CT molecular complexity index is 1380. The van der Waals surface area contributed by atoms with E-state index in [2.05, 4.69) is 0 Å². The predicted octanol–water partition coefficient (Wildman–Crippen LogP) is 3.72. The summed E-state index contributed by atoms with van der Waals surface area (Å²) in [7, 11) is -4.16. The second kappa shape index (κ2) is 7.56. The topological polar surface area (TPSA) is 74.8 Å². The van der Waals surface area contributed by atoms with E-state index in [1.165, 1.54) is 9.80 Å². The van der Waals surface area contributed by atoms with Crippen molar-refractivity contribution < 1.29 is 18.0 Å². The van der Waals surface area contributed by atoms with E-state index in [1.54, 1.807) is 42.5 Å². The average Bonchev–Trinajstić information content (AvgIpc) is 3.18. The quantitative estimate of drug-likeness (QED) is 0.595. The molecule has 6 nitrogen and oxygen atoms in total. The molecular weight excluding hydrogens is 436 g/mol. The molecule has 0 aliphatic carbocycles. The van der Waals surface area contributed by atoms with Crippen LogP contribution in [0.2, 0.25) is 0 Å². The molecule has 3 aromatic rings. The highest BCUT2D eigenvalue weighted by Crippen LogP contribution is 2.52. The Morgan fingerprint density at radius 3 is 2.36 bits per heavy atom. The third kappa shape index (κ3) is 3.03. The van der Waals surface area contributed by atoms with Crippen molar-refractivity contribution in [3.05, 3.63) is 95.1 Å². The van der Waals surface area contributed by atoms with Gasteiger partial charge in [-0.3, -0.25) is 14.5 Å². The lowest BCUT2D eigenvalue weighted by Crippen LogP contribution is -2.54. The molecular formula is C26H24N2O4S. The highest BCUT2D eigenvalue weighted by molar-refractivity contribution is 7.94. The maximum atomic E-state index is 14.1. The number of fused-ring (bicyclic) bond motifs is 2. The normalized spacial score (nSPS) is 21.2. The lowest BCUT2D eigenvalue weighted by molar-refractivity contribution is -0.123. The Hall–Kier alpha value is -3.45. The first kappa shape index (κ1) is 21.4. The van der Waals surface area contributed by atoms with Crippen LogP contribution < -0.4 is 9.80 Å². The molecule has 2 aliphatic heterocycles. The van der Waals surface area contributed by atoms with Crippen LogP contribution in [0.4, 0.5) is 11.4 Å². The van der Waals surface area contributed by atoms with Gasteiger partial charge in [0, 0.05) is 11.3 Å². The minimum absolute atomic E-state index is 0.213. The van der Waals surface area contributed by atoms with Gasteiger partial charge in [0.05, 0.1) is 12.2 Å². The van der Waals surface area contributed by atoms with Crippen molar-refractivity contribution in [2.24, 2.45) is 0 Å². The van der Waals surface area contributed by atoms with Crippen LogP contribution >= 0.6 is 0 Å². The minimum atomic E-state index is -4.16. The molecule has 0 saturated carbocycles. The van der Waals surface area contributed by atoms with Crippen molar-refractivity contribution in [3.63, 3.8) is 0 Å². The fourth-order valence-corrected chi connectivity index (χ4v) is 6.87. The van der Waals surface area contributed by atoms with Crippen LogP contribution in [-0.4, -0.2) is 26.0 Å². The number of rotatable bonds is 4. The Kier molecular flexibility index (Phi) is 4.90. The van der Waals surface area contributed by atoms with Gasteiger partial charge in [0.15, 0.2) is 9.84 Å². The molecule has 1 saturated heterocycles. The SMILES string of the molecule is CCc1cccc(N2C(=O)CS(=O)(=O)C23C(=O)N(Cc2ccc(C)cc2)c2ccccc23)c1. The zero-order chi connectivity index (χ0) is 23.4. The van der Waals surface area contributed by atoms with E-state index >= 15 is 0 Å². The van der Waals surface area contributed by atoms with E-state index in [-0.39, 0.29) is 6.54 Å². The molecule has 0 N–H and O–H groups in total. The number of benzene rings is 3. The highest BCUT2D eigenvalue weighted by Gasteiger charge is 2.69. The van der Waals surface area contributed by atoms with Gasteiger partial charge in [-0.15, -0.1) is 0 Å². The second-order valence-corrected chi connectivity index (χ2v) is 10.7. The van der Waals surface area contributed by atoms with Gasteiger partial charge in [0.1, 0.15) is 5.75 Å². The molecule has 7 heteroatoms. The number of anilines is 2. The van der Waals surface area contributed by atoms with Crippen molar-refractivity contribution in [3.8, 4) is 0 Å². The molecule has 1 atom stereocenters. The van der Waals surface area contributed by atoms with Gasteiger partial charge in [0.2, 0.25) is 5.91 Å². The largest absolute Gasteiger partial charge is 0.304 e. The van der Waals surface area contributed by atoms with Crippen molar-refractivity contribution in [2.45, 2.75) is 31.7 Å². The molecule has 2 heterocycles. The molecule has 168 valence electrons. The number of aryl methyl sites for hydroxylation is 2. The van der Waals surface area contributed by atoms with Gasteiger partial charge in [-0.2, -0.15) is 0 Å². The van der Waals surface area contributed by atoms with E-state index < -0.39 is 32.3 Å². The van der Waals surface area contributed by atoms with Crippen molar-refractivity contribution in [1.29, 1.82) is 0 Å². The number of sulfone groups is 1. The number of carbonyl (C=O) groups is 2. The summed E-state index contributed by atoms with van der Waals surface area (Å²) in [6.07, 6.45) is 0.722. The predicted molar refractivity (Wildman–Crippen MR) is 128 cm³/mol. The van der Waals surface area contributed by atoms with Gasteiger partial charge in [-0.25, -0.2) is 8.42 Å². The molecule has 3 aromatic carbocycles. The smallest absolute Gasteiger partial charge is 0.274 e. The van der Waals surface area contributed by atoms with Crippen molar-refractivity contribution in [1.82, 2.24) is 0 Å². The summed E-state index contributed by atoms with van der Waals surface area (Å²) in [6.45, 7) is 4.18. The molecule has 1 spiro atoms. The third-order valence-corrected chi connectivity index (χ3v) is 8.57. The van der Waals surface area contributed by atoms with Gasteiger partial charge < -0.3 is 4.90 Å². The van der Waals surface area contributed by atoms with Crippen LogP contribution in [0.15, 0.2) is 72.8 Å². The number of carbonyl (C=O) groups excluding carboxylic acids is 2. The molecule has 1 unspecified atom stereocenters. The van der Waals surface area contributed by atoms with Gasteiger partial charge in [-0.05, 0) is 42.7 Å². The lowest BCUT2D eigenvalue weighted by Gasteiger charge is -2.33. The fraction of sp³-hybridized carbons (Fsp3) is 0.231. The molecule has 33 heavy (non-hydrogen) atoms. The molecule has 0 radical (unpaired) electrons. The molecule has 0 bridgehead atoms. The van der Waals surface area contributed by atoms with Crippen LogP contribution in [0.25, 0.3) is 0 Å². The van der Waals surface area contributed by atoms with E-state index in [9.17, 15) is 18.0 Å². The van der Waals surface area contributed by atoms with E-state index in [0.29, 0.717) is 16.9 Å². The van der Waals surface area contributed by atoms with Crippen LogP contribution in [0.3, 0.4) is 0 Å². The standard InChI is InChI=1S/C26H24N2O4S/c1-3-19-7-6-8-21(15-19)28-24(29)17-33(31,32)26(28)22-9-4-5-10-23(22)27(25(26)30)16-20-13-11-18(2)12-14-20/h4-15H,3,16-17H2,1-2H3. The highest BCUT2D eigenvalue weighted by atomic mass is 32.2. The zero-order valence-electron chi connectivity index (χ0n) is 18.5. The summed E-state index contributed by atoms with van der Waals surface area (Å²) in [6, 6.07) is 21.8. The second-order valence-electron chi connectivity index (χ2n) is 8.55. The number of nitrogens with zero attached hydrogens (tertiary/aromatic N) is 2. The number of amides is 2. The first-order valence-corrected chi connectivity index (χ1v) is 12.6. The summed E-state index contributed by atoms with van der Waals surface area (Å²) in [4.78, 5) is 27.9. The molecule has 2 aliphatic rings. The molecule has 5 rings (SSSR count). The minimum Gasteiger partial charge on any atom is -0.304 e. The monoisotopic (exact) mass is 460 g/mol. The van der Waals surface area contributed by atoms with E-state index in [0.717, 1.165) is 23.1 Å².